The predicted molar refractivity (Wildman–Crippen MR) is 61.3 cm³/mol. The molecule has 3 heterocycles. The van der Waals surface area contributed by atoms with Crippen LogP contribution in [-0.2, 0) is 0 Å². The van der Waals surface area contributed by atoms with E-state index in [-0.39, 0.29) is 18.0 Å². The second kappa shape index (κ2) is 3.26. The van der Waals surface area contributed by atoms with Crippen LogP contribution in [0, 0.1) is 5.92 Å². The number of amides is 2. The summed E-state index contributed by atoms with van der Waals surface area (Å²) in [7, 11) is 0. The SMILES string of the molecule is CC1=NN[C@@]2(C)NC(=O)N[C@@H](c3ccco3)[C@@H]12. The molecule has 2 amide bonds. The normalized spacial score (nSPS) is 35.4. The van der Waals surface area contributed by atoms with Crippen molar-refractivity contribution in [3.8, 4) is 0 Å². The van der Waals surface area contributed by atoms with Crippen molar-refractivity contribution in [3.63, 3.8) is 0 Å². The highest BCUT2D eigenvalue weighted by molar-refractivity contribution is 5.91. The number of hydrogen-bond acceptors (Lipinski definition) is 4. The second-order valence-corrected chi connectivity index (χ2v) is 4.64. The maximum atomic E-state index is 11.7. The minimum atomic E-state index is -0.552. The molecule has 0 saturated carbocycles. The van der Waals surface area contributed by atoms with Crippen molar-refractivity contribution in [2.45, 2.75) is 25.6 Å². The monoisotopic (exact) mass is 234 g/mol. The van der Waals surface area contributed by atoms with Gasteiger partial charge in [0.1, 0.15) is 17.5 Å². The van der Waals surface area contributed by atoms with Gasteiger partial charge in [0.25, 0.3) is 0 Å². The molecule has 1 saturated heterocycles. The summed E-state index contributed by atoms with van der Waals surface area (Å²) in [6.45, 7) is 3.87. The van der Waals surface area contributed by atoms with E-state index in [9.17, 15) is 4.79 Å². The van der Waals surface area contributed by atoms with Gasteiger partial charge in [0.15, 0.2) is 0 Å². The van der Waals surface area contributed by atoms with Gasteiger partial charge in [-0.25, -0.2) is 4.79 Å². The van der Waals surface area contributed by atoms with E-state index < -0.39 is 5.66 Å². The molecule has 1 fully saturated rings. The van der Waals surface area contributed by atoms with Crippen LogP contribution in [0.1, 0.15) is 25.6 Å². The molecule has 3 N–H and O–H groups in total. The number of carbonyl (C=O) groups excluding carboxylic acids is 1. The molecule has 0 aromatic carbocycles. The largest absolute Gasteiger partial charge is 0.467 e. The van der Waals surface area contributed by atoms with Gasteiger partial charge in [0.05, 0.1) is 12.2 Å². The molecule has 2 aliphatic heterocycles. The molecule has 90 valence electrons. The van der Waals surface area contributed by atoms with E-state index in [4.69, 9.17) is 4.42 Å². The Bertz CT molecular complexity index is 482. The molecule has 1 aromatic rings. The fourth-order valence-electron chi connectivity index (χ4n) is 2.64. The third-order valence-electron chi connectivity index (χ3n) is 3.38. The molecule has 3 rings (SSSR count). The Labute approximate surface area is 98.4 Å². The molecule has 0 bridgehead atoms. The Kier molecular flexibility index (Phi) is 1.95. The summed E-state index contributed by atoms with van der Waals surface area (Å²) >= 11 is 0. The average Bonchev–Trinajstić information content (AvgIpc) is 2.86. The summed E-state index contributed by atoms with van der Waals surface area (Å²) in [6.07, 6.45) is 1.61. The Morgan fingerprint density at radius 3 is 3.06 bits per heavy atom. The van der Waals surface area contributed by atoms with Crippen LogP contribution in [0.15, 0.2) is 27.9 Å². The molecule has 17 heavy (non-hydrogen) atoms. The third-order valence-corrected chi connectivity index (χ3v) is 3.38. The Morgan fingerprint density at radius 2 is 2.35 bits per heavy atom. The lowest BCUT2D eigenvalue weighted by Gasteiger charge is -2.41. The van der Waals surface area contributed by atoms with Crippen LogP contribution in [0.25, 0.3) is 0 Å². The molecule has 0 unspecified atom stereocenters. The first kappa shape index (κ1) is 10.2. The van der Waals surface area contributed by atoms with Crippen molar-refractivity contribution in [1.29, 1.82) is 0 Å². The lowest BCUT2D eigenvalue weighted by Crippen LogP contribution is -2.67. The number of nitrogens with one attached hydrogen (secondary N) is 3. The first-order valence-electron chi connectivity index (χ1n) is 5.53. The third kappa shape index (κ3) is 1.40. The molecule has 2 aliphatic rings. The van der Waals surface area contributed by atoms with Gasteiger partial charge in [-0.1, -0.05) is 0 Å². The van der Waals surface area contributed by atoms with Crippen LogP contribution in [-0.4, -0.2) is 17.4 Å². The van der Waals surface area contributed by atoms with Crippen LogP contribution in [0.5, 0.6) is 0 Å². The van der Waals surface area contributed by atoms with Crippen molar-refractivity contribution < 1.29 is 9.21 Å². The van der Waals surface area contributed by atoms with Crippen molar-refractivity contribution >= 4 is 11.7 Å². The standard InChI is InChI=1S/C11H14N4O2/c1-6-8-9(7-4-3-5-17-7)12-10(16)13-11(8,2)15-14-6/h3-5,8-9,15H,1-2H3,(H2,12,13,16)/t8-,9+,11-/m1/s1. The first-order chi connectivity index (χ1) is 8.10. The van der Waals surface area contributed by atoms with Crippen molar-refractivity contribution in [3.05, 3.63) is 24.2 Å². The Hall–Kier alpha value is -1.98. The highest BCUT2D eigenvalue weighted by atomic mass is 16.3. The fourth-order valence-corrected chi connectivity index (χ4v) is 2.64. The van der Waals surface area contributed by atoms with Crippen LogP contribution < -0.4 is 16.1 Å². The number of furan rings is 1. The van der Waals surface area contributed by atoms with E-state index in [1.807, 2.05) is 26.0 Å². The van der Waals surface area contributed by atoms with Crippen molar-refractivity contribution in [2.75, 3.05) is 0 Å². The number of carbonyl (C=O) groups is 1. The lowest BCUT2D eigenvalue weighted by atomic mass is 9.82. The molecule has 6 heteroatoms. The molecule has 6 nitrogen and oxygen atoms in total. The van der Waals surface area contributed by atoms with Crippen LogP contribution in [0.4, 0.5) is 4.79 Å². The van der Waals surface area contributed by atoms with E-state index in [0.29, 0.717) is 0 Å². The van der Waals surface area contributed by atoms with Crippen molar-refractivity contribution in [2.24, 2.45) is 11.0 Å². The maximum absolute atomic E-state index is 11.7. The second-order valence-electron chi connectivity index (χ2n) is 4.64. The highest BCUT2D eigenvalue weighted by Crippen LogP contribution is 2.36. The van der Waals surface area contributed by atoms with Crippen molar-refractivity contribution in [1.82, 2.24) is 16.1 Å². The number of rotatable bonds is 1. The molecule has 0 spiro atoms. The van der Waals surface area contributed by atoms with E-state index in [1.54, 1.807) is 6.26 Å². The van der Waals surface area contributed by atoms with E-state index in [0.717, 1.165) is 11.5 Å². The Morgan fingerprint density at radius 1 is 1.53 bits per heavy atom. The van der Waals surface area contributed by atoms with Gasteiger partial charge >= 0.3 is 6.03 Å². The van der Waals surface area contributed by atoms with Gasteiger partial charge in [-0.15, -0.1) is 0 Å². The minimum absolute atomic E-state index is 0.0337. The van der Waals surface area contributed by atoms with Crippen LogP contribution >= 0.6 is 0 Å². The van der Waals surface area contributed by atoms with Crippen LogP contribution in [0.3, 0.4) is 0 Å². The molecule has 1 aromatic heterocycles. The first-order valence-corrected chi connectivity index (χ1v) is 5.53. The zero-order valence-electron chi connectivity index (χ0n) is 9.65. The molecule has 0 aliphatic carbocycles. The number of hydrazone groups is 1. The molecule has 0 radical (unpaired) electrons. The smallest absolute Gasteiger partial charge is 0.317 e. The van der Waals surface area contributed by atoms with Gasteiger partial charge in [0, 0.05) is 5.71 Å². The van der Waals surface area contributed by atoms with E-state index >= 15 is 0 Å². The summed E-state index contributed by atoms with van der Waals surface area (Å²) in [5.74, 6) is 0.778. The topological polar surface area (TPSA) is 78.7 Å². The number of nitrogens with zero attached hydrogens (tertiary/aromatic N) is 1. The maximum Gasteiger partial charge on any atom is 0.317 e. The zero-order valence-corrected chi connectivity index (χ0v) is 9.65. The van der Waals surface area contributed by atoms with Gasteiger partial charge in [-0.05, 0) is 26.0 Å². The summed E-state index contributed by atoms with van der Waals surface area (Å²) in [5, 5.41) is 9.96. The van der Waals surface area contributed by atoms with E-state index in [1.165, 1.54) is 0 Å². The molecule has 3 atom stereocenters. The molecular weight excluding hydrogens is 220 g/mol. The minimum Gasteiger partial charge on any atom is -0.467 e. The predicted octanol–water partition coefficient (Wildman–Crippen LogP) is 0.945. The summed E-state index contributed by atoms with van der Waals surface area (Å²) in [4.78, 5) is 11.7. The fraction of sp³-hybridized carbons (Fsp3) is 0.455. The number of hydrogen-bond donors (Lipinski definition) is 3. The van der Waals surface area contributed by atoms with E-state index in [2.05, 4.69) is 21.2 Å². The highest BCUT2D eigenvalue weighted by Gasteiger charge is 2.51. The quantitative estimate of drug-likeness (QED) is 0.676. The molecular formula is C11H14N4O2. The summed E-state index contributed by atoms with van der Waals surface area (Å²) in [5.41, 5.74) is 3.38. The number of fused-ring (bicyclic) bond motifs is 1. The van der Waals surface area contributed by atoms with Gasteiger partial charge < -0.3 is 15.1 Å². The average molecular weight is 234 g/mol. The zero-order chi connectivity index (χ0) is 12.0. The Balaban J connectivity index is 2.02. The van der Waals surface area contributed by atoms with Gasteiger partial charge in [-0.3, -0.25) is 5.43 Å². The van der Waals surface area contributed by atoms with Crippen LogP contribution in [0.2, 0.25) is 0 Å². The van der Waals surface area contributed by atoms with Gasteiger partial charge in [0.2, 0.25) is 0 Å². The summed E-state index contributed by atoms with van der Waals surface area (Å²) < 4.78 is 5.40. The lowest BCUT2D eigenvalue weighted by molar-refractivity contribution is 0.154. The number of urea groups is 1. The van der Waals surface area contributed by atoms with Gasteiger partial charge in [-0.2, -0.15) is 5.10 Å². The summed E-state index contributed by atoms with van der Waals surface area (Å²) in [6, 6.07) is 3.27.